The summed E-state index contributed by atoms with van der Waals surface area (Å²) in [6, 6.07) is 8.22. The van der Waals surface area contributed by atoms with Crippen molar-refractivity contribution in [2.24, 2.45) is 0 Å². The molecule has 16 heavy (non-hydrogen) atoms. The fraction of sp³-hybridized carbons (Fsp3) is 0.333. The molecule has 0 aliphatic rings. The normalized spacial score (nSPS) is 10.6. The van der Waals surface area contributed by atoms with E-state index >= 15 is 0 Å². The third kappa shape index (κ3) is 2.46. The molecule has 1 N–H and O–H groups in total. The molecule has 4 nitrogen and oxygen atoms in total. The van der Waals surface area contributed by atoms with E-state index in [-0.39, 0.29) is 0 Å². The lowest BCUT2D eigenvalue weighted by molar-refractivity contribution is 0.745. The van der Waals surface area contributed by atoms with Gasteiger partial charge in [-0.05, 0) is 31.7 Å². The summed E-state index contributed by atoms with van der Waals surface area (Å²) in [6.07, 6.45) is 2.62. The number of hydrogen-bond donors (Lipinski definition) is 1. The Morgan fingerprint density at radius 1 is 1.38 bits per heavy atom. The van der Waals surface area contributed by atoms with Crippen molar-refractivity contribution in [1.29, 1.82) is 0 Å². The highest BCUT2D eigenvalue weighted by atomic mass is 15.3. The van der Waals surface area contributed by atoms with Crippen LogP contribution in [-0.2, 0) is 6.42 Å². The summed E-state index contributed by atoms with van der Waals surface area (Å²) in [5, 5.41) is 7.51. The van der Waals surface area contributed by atoms with Gasteiger partial charge in [0, 0.05) is 13.0 Å². The first-order valence-corrected chi connectivity index (χ1v) is 5.42. The van der Waals surface area contributed by atoms with Gasteiger partial charge < -0.3 is 5.32 Å². The van der Waals surface area contributed by atoms with E-state index in [9.17, 15) is 0 Å². The average molecular weight is 216 g/mol. The van der Waals surface area contributed by atoms with Crippen LogP contribution in [0.25, 0.3) is 5.69 Å². The molecule has 0 atom stereocenters. The second-order valence-corrected chi connectivity index (χ2v) is 3.80. The van der Waals surface area contributed by atoms with Crippen LogP contribution in [0, 0.1) is 6.92 Å². The fourth-order valence-corrected chi connectivity index (χ4v) is 1.54. The van der Waals surface area contributed by atoms with Crippen molar-refractivity contribution >= 4 is 0 Å². The van der Waals surface area contributed by atoms with Gasteiger partial charge in [0.2, 0.25) is 0 Å². The standard InChI is InChI=1S/C12H16N4/c1-10-4-3-5-11(8-10)16-9-14-12(15-16)6-7-13-2/h3-5,8-9,13H,6-7H2,1-2H3. The van der Waals surface area contributed by atoms with Gasteiger partial charge in [0.25, 0.3) is 0 Å². The quantitative estimate of drug-likeness (QED) is 0.838. The highest BCUT2D eigenvalue weighted by molar-refractivity contribution is 5.33. The zero-order valence-electron chi connectivity index (χ0n) is 9.64. The van der Waals surface area contributed by atoms with E-state index in [0.29, 0.717) is 0 Å². The first-order chi connectivity index (χ1) is 7.79. The summed E-state index contributed by atoms with van der Waals surface area (Å²) in [5.74, 6) is 0.871. The van der Waals surface area contributed by atoms with Crippen LogP contribution in [0.15, 0.2) is 30.6 Å². The van der Waals surface area contributed by atoms with Crippen LogP contribution in [0.3, 0.4) is 0 Å². The average Bonchev–Trinajstić information content (AvgIpc) is 2.75. The molecule has 0 amide bonds. The number of nitrogens with one attached hydrogen (secondary N) is 1. The maximum Gasteiger partial charge on any atom is 0.152 e. The van der Waals surface area contributed by atoms with Gasteiger partial charge in [-0.3, -0.25) is 0 Å². The topological polar surface area (TPSA) is 42.7 Å². The zero-order valence-corrected chi connectivity index (χ0v) is 9.64. The fourth-order valence-electron chi connectivity index (χ4n) is 1.54. The smallest absolute Gasteiger partial charge is 0.152 e. The lowest BCUT2D eigenvalue weighted by Crippen LogP contribution is -2.11. The van der Waals surface area contributed by atoms with Gasteiger partial charge in [-0.1, -0.05) is 12.1 Å². The molecule has 4 heteroatoms. The van der Waals surface area contributed by atoms with Gasteiger partial charge in [0.1, 0.15) is 6.33 Å². The van der Waals surface area contributed by atoms with E-state index < -0.39 is 0 Å². The van der Waals surface area contributed by atoms with Crippen LogP contribution in [0.5, 0.6) is 0 Å². The van der Waals surface area contributed by atoms with Crippen molar-refractivity contribution in [3.05, 3.63) is 42.0 Å². The van der Waals surface area contributed by atoms with E-state index in [4.69, 9.17) is 0 Å². The highest BCUT2D eigenvalue weighted by Crippen LogP contribution is 2.08. The van der Waals surface area contributed by atoms with Crippen molar-refractivity contribution < 1.29 is 0 Å². The molecule has 2 rings (SSSR count). The predicted molar refractivity (Wildman–Crippen MR) is 63.7 cm³/mol. The SMILES string of the molecule is CNCCc1ncn(-c2cccc(C)c2)n1. The van der Waals surface area contributed by atoms with Gasteiger partial charge >= 0.3 is 0 Å². The molecular weight excluding hydrogens is 200 g/mol. The Hall–Kier alpha value is -1.68. The molecule has 0 radical (unpaired) electrons. The Balaban J connectivity index is 2.18. The van der Waals surface area contributed by atoms with Crippen LogP contribution in [0.2, 0.25) is 0 Å². The molecule has 0 aliphatic heterocycles. The van der Waals surface area contributed by atoms with Crippen LogP contribution in [0.1, 0.15) is 11.4 Å². The van der Waals surface area contributed by atoms with Gasteiger partial charge in [-0.15, -0.1) is 0 Å². The highest BCUT2D eigenvalue weighted by Gasteiger charge is 2.02. The van der Waals surface area contributed by atoms with Crippen LogP contribution >= 0.6 is 0 Å². The molecule has 0 aliphatic carbocycles. The maximum absolute atomic E-state index is 4.42. The number of aryl methyl sites for hydroxylation is 1. The van der Waals surface area contributed by atoms with Crippen molar-refractivity contribution in [2.45, 2.75) is 13.3 Å². The second kappa shape index (κ2) is 4.90. The van der Waals surface area contributed by atoms with Crippen LogP contribution in [0.4, 0.5) is 0 Å². The Bertz CT molecular complexity index is 462. The largest absolute Gasteiger partial charge is 0.319 e. The van der Waals surface area contributed by atoms with E-state index in [1.807, 2.05) is 23.9 Å². The van der Waals surface area contributed by atoms with Crippen LogP contribution < -0.4 is 5.32 Å². The molecule has 2 aromatic rings. The third-order valence-corrected chi connectivity index (χ3v) is 2.40. The molecule has 0 spiro atoms. The van der Waals surface area contributed by atoms with E-state index in [0.717, 1.165) is 24.5 Å². The first kappa shape index (κ1) is 10.8. The lowest BCUT2D eigenvalue weighted by Gasteiger charge is -2.00. The molecule has 0 saturated carbocycles. The number of hydrogen-bond acceptors (Lipinski definition) is 3. The number of nitrogens with zero attached hydrogens (tertiary/aromatic N) is 3. The Morgan fingerprint density at radius 3 is 3.00 bits per heavy atom. The monoisotopic (exact) mass is 216 g/mol. The Labute approximate surface area is 95.3 Å². The summed E-state index contributed by atoms with van der Waals surface area (Å²) in [6.45, 7) is 2.97. The molecule has 1 heterocycles. The Morgan fingerprint density at radius 2 is 2.25 bits per heavy atom. The van der Waals surface area contributed by atoms with E-state index in [1.165, 1.54) is 5.56 Å². The molecule has 1 aromatic carbocycles. The van der Waals surface area contributed by atoms with Gasteiger partial charge in [-0.2, -0.15) is 5.10 Å². The molecule has 0 bridgehead atoms. The Kier molecular flexibility index (Phi) is 3.31. The van der Waals surface area contributed by atoms with Crippen molar-refractivity contribution in [3.8, 4) is 5.69 Å². The minimum absolute atomic E-state index is 0.856. The summed E-state index contributed by atoms with van der Waals surface area (Å²) in [5.41, 5.74) is 2.29. The summed E-state index contributed by atoms with van der Waals surface area (Å²) in [7, 11) is 1.93. The molecule has 84 valence electrons. The molecule has 0 saturated heterocycles. The third-order valence-electron chi connectivity index (χ3n) is 2.40. The zero-order chi connectivity index (χ0) is 11.4. The minimum atomic E-state index is 0.856. The van der Waals surface area contributed by atoms with Crippen molar-refractivity contribution in [2.75, 3.05) is 13.6 Å². The lowest BCUT2D eigenvalue weighted by atomic mass is 10.2. The maximum atomic E-state index is 4.42. The summed E-state index contributed by atoms with van der Waals surface area (Å²) >= 11 is 0. The van der Waals surface area contributed by atoms with Crippen molar-refractivity contribution in [1.82, 2.24) is 20.1 Å². The van der Waals surface area contributed by atoms with Gasteiger partial charge in [0.15, 0.2) is 5.82 Å². The first-order valence-electron chi connectivity index (χ1n) is 5.42. The summed E-state index contributed by atoms with van der Waals surface area (Å²) in [4.78, 5) is 4.27. The predicted octanol–water partition coefficient (Wildman–Crippen LogP) is 1.34. The molecule has 0 unspecified atom stereocenters. The van der Waals surface area contributed by atoms with E-state index in [1.54, 1.807) is 6.33 Å². The molecular formula is C12H16N4. The number of rotatable bonds is 4. The molecule has 1 aromatic heterocycles. The number of aromatic nitrogens is 3. The number of benzene rings is 1. The van der Waals surface area contributed by atoms with E-state index in [2.05, 4.69) is 34.5 Å². The van der Waals surface area contributed by atoms with Crippen molar-refractivity contribution in [3.63, 3.8) is 0 Å². The minimum Gasteiger partial charge on any atom is -0.319 e. The van der Waals surface area contributed by atoms with Gasteiger partial charge in [-0.25, -0.2) is 9.67 Å². The number of likely N-dealkylation sites (N-methyl/N-ethyl adjacent to an activating group) is 1. The summed E-state index contributed by atoms with van der Waals surface area (Å²) < 4.78 is 1.82. The molecule has 0 fully saturated rings. The van der Waals surface area contributed by atoms with Gasteiger partial charge in [0.05, 0.1) is 5.69 Å². The second-order valence-electron chi connectivity index (χ2n) is 3.80. The van der Waals surface area contributed by atoms with Crippen LogP contribution in [-0.4, -0.2) is 28.4 Å².